The van der Waals surface area contributed by atoms with Crippen LogP contribution in [0, 0.1) is 0 Å². The van der Waals surface area contributed by atoms with Crippen molar-refractivity contribution in [3.05, 3.63) is 46.8 Å². The number of rotatable bonds is 7. The number of thiophene rings is 1. The van der Waals surface area contributed by atoms with Crippen LogP contribution in [-0.2, 0) is 11.3 Å². The van der Waals surface area contributed by atoms with Gasteiger partial charge in [0.05, 0.1) is 10.6 Å². The van der Waals surface area contributed by atoms with E-state index < -0.39 is 0 Å². The van der Waals surface area contributed by atoms with Crippen molar-refractivity contribution in [3.63, 3.8) is 0 Å². The highest BCUT2D eigenvalue weighted by molar-refractivity contribution is 7.99. The van der Waals surface area contributed by atoms with Gasteiger partial charge in [-0.1, -0.05) is 36.4 Å². The van der Waals surface area contributed by atoms with Gasteiger partial charge in [-0.2, -0.15) is 0 Å². The summed E-state index contributed by atoms with van der Waals surface area (Å²) < 4.78 is 2.08. The smallest absolute Gasteiger partial charge is 0.234 e. The summed E-state index contributed by atoms with van der Waals surface area (Å²) >= 11 is 8.87. The summed E-state index contributed by atoms with van der Waals surface area (Å²) in [7, 11) is 0. The van der Waals surface area contributed by atoms with Crippen LogP contribution in [0.1, 0.15) is 13.3 Å². The predicted octanol–water partition coefficient (Wildman–Crippen LogP) is 4.80. The Hall–Kier alpha value is -1.83. The van der Waals surface area contributed by atoms with Crippen molar-refractivity contribution in [2.24, 2.45) is 0 Å². The monoisotopic (exact) mass is 392 g/mol. The fourth-order valence-corrected chi connectivity index (χ4v) is 3.88. The summed E-state index contributed by atoms with van der Waals surface area (Å²) in [6.07, 6.45) is 0.973. The molecule has 0 saturated carbocycles. The van der Waals surface area contributed by atoms with Gasteiger partial charge in [0.25, 0.3) is 0 Å². The zero-order valence-electron chi connectivity index (χ0n) is 13.6. The molecule has 0 aliphatic heterocycles. The van der Waals surface area contributed by atoms with E-state index in [1.165, 1.54) is 11.8 Å². The van der Waals surface area contributed by atoms with Crippen LogP contribution in [-0.4, -0.2) is 26.4 Å². The van der Waals surface area contributed by atoms with Crippen molar-refractivity contribution in [2.75, 3.05) is 11.1 Å². The lowest BCUT2D eigenvalue weighted by Crippen LogP contribution is -2.14. The van der Waals surface area contributed by atoms with E-state index in [1.807, 2.05) is 17.5 Å². The summed E-state index contributed by atoms with van der Waals surface area (Å²) in [5.41, 5.74) is 0.726. The highest BCUT2D eigenvalue weighted by Crippen LogP contribution is 2.27. The molecule has 8 heteroatoms. The molecule has 2 heterocycles. The van der Waals surface area contributed by atoms with Gasteiger partial charge in [-0.3, -0.25) is 4.79 Å². The molecule has 25 heavy (non-hydrogen) atoms. The Balaban J connectivity index is 1.66. The van der Waals surface area contributed by atoms with Gasteiger partial charge in [-0.15, -0.1) is 21.5 Å². The maximum Gasteiger partial charge on any atom is 0.234 e. The third-order valence-electron chi connectivity index (χ3n) is 3.37. The summed E-state index contributed by atoms with van der Waals surface area (Å²) in [5, 5.41) is 14.8. The lowest BCUT2D eigenvalue weighted by molar-refractivity contribution is -0.113. The van der Waals surface area contributed by atoms with Crippen LogP contribution >= 0.6 is 34.7 Å². The molecule has 0 bridgehead atoms. The molecule has 1 N–H and O–H groups in total. The van der Waals surface area contributed by atoms with Crippen molar-refractivity contribution in [3.8, 4) is 10.7 Å². The number of halogens is 1. The zero-order valence-corrected chi connectivity index (χ0v) is 16.0. The van der Waals surface area contributed by atoms with Crippen molar-refractivity contribution >= 4 is 46.3 Å². The van der Waals surface area contributed by atoms with Gasteiger partial charge in [0.1, 0.15) is 0 Å². The minimum Gasteiger partial charge on any atom is -0.325 e. The molecule has 2 aromatic heterocycles. The van der Waals surface area contributed by atoms with Gasteiger partial charge in [-0.05, 0) is 42.1 Å². The first-order valence-corrected chi connectivity index (χ1v) is 10.1. The van der Waals surface area contributed by atoms with Crippen LogP contribution in [0.15, 0.2) is 46.9 Å². The standard InChI is InChI=1S/C17H17ClN4OS2/c1-2-9-22-16(14-4-3-10-24-14)20-21-17(22)25-11-15(23)19-13-7-5-12(18)6-8-13/h3-8,10H,2,9,11H2,1H3,(H,19,23). The molecule has 0 saturated heterocycles. The van der Waals surface area contributed by atoms with Crippen LogP contribution in [0.4, 0.5) is 5.69 Å². The van der Waals surface area contributed by atoms with Gasteiger partial charge >= 0.3 is 0 Å². The van der Waals surface area contributed by atoms with Crippen LogP contribution in [0.25, 0.3) is 10.7 Å². The van der Waals surface area contributed by atoms with Gasteiger partial charge in [0, 0.05) is 17.3 Å². The summed E-state index contributed by atoms with van der Waals surface area (Å²) in [4.78, 5) is 13.2. The number of hydrogen-bond donors (Lipinski definition) is 1. The van der Waals surface area contributed by atoms with Crippen molar-refractivity contribution < 1.29 is 4.79 Å². The molecular formula is C17H17ClN4OS2. The molecule has 0 aliphatic rings. The molecule has 0 fully saturated rings. The Morgan fingerprint density at radius 3 is 2.76 bits per heavy atom. The number of carbonyl (C=O) groups excluding carboxylic acids is 1. The number of thioether (sulfide) groups is 1. The quantitative estimate of drug-likeness (QED) is 0.586. The number of anilines is 1. The Labute approximate surface area is 159 Å². The van der Waals surface area contributed by atoms with E-state index >= 15 is 0 Å². The first-order chi connectivity index (χ1) is 12.2. The molecule has 3 aromatic rings. The number of nitrogens with one attached hydrogen (secondary N) is 1. The molecule has 1 aromatic carbocycles. The molecule has 3 rings (SSSR count). The third kappa shape index (κ3) is 4.62. The molecule has 0 atom stereocenters. The maximum atomic E-state index is 12.2. The van der Waals surface area contributed by atoms with Crippen molar-refractivity contribution in [1.82, 2.24) is 14.8 Å². The van der Waals surface area contributed by atoms with Crippen LogP contribution < -0.4 is 5.32 Å². The molecule has 0 spiro atoms. The molecule has 5 nitrogen and oxygen atoms in total. The van der Waals surface area contributed by atoms with Crippen LogP contribution in [0.2, 0.25) is 5.02 Å². The fourth-order valence-electron chi connectivity index (χ4n) is 2.27. The normalized spacial score (nSPS) is 10.8. The van der Waals surface area contributed by atoms with Gasteiger partial charge in [0.2, 0.25) is 5.91 Å². The Morgan fingerprint density at radius 1 is 1.28 bits per heavy atom. The first-order valence-electron chi connectivity index (χ1n) is 7.82. The third-order valence-corrected chi connectivity index (χ3v) is 5.45. The molecular weight excluding hydrogens is 376 g/mol. The van der Waals surface area contributed by atoms with Gasteiger partial charge in [0.15, 0.2) is 11.0 Å². The van der Waals surface area contributed by atoms with Crippen molar-refractivity contribution in [2.45, 2.75) is 25.0 Å². The maximum absolute atomic E-state index is 12.2. The van der Waals surface area contributed by atoms with E-state index in [-0.39, 0.29) is 11.7 Å². The van der Waals surface area contributed by atoms with E-state index in [4.69, 9.17) is 11.6 Å². The number of carbonyl (C=O) groups is 1. The second-order valence-electron chi connectivity index (χ2n) is 5.28. The van der Waals surface area contributed by atoms with E-state index in [0.29, 0.717) is 5.02 Å². The fraction of sp³-hybridized carbons (Fsp3) is 0.235. The number of benzene rings is 1. The molecule has 0 unspecified atom stereocenters. The average molecular weight is 393 g/mol. The summed E-state index contributed by atoms with van der Waals surface area (Å²) in [5.74, 6) is 1.04. The minimum absolute atomic E-state index is 0.0870. The van der Waals surface area contributed by atoms with E-state index in [2.05, 4.69) is 27.0 Å². The Kier molecular flexibility index (Phi) is 6.12. The predicted molar refractivity (Wildman–Crippen MR) is 104 cm³/mol. The van der Waals surface area contributed by atoms with Crippen molar-refractivity contribution in [1.29, 1.82) is 0 Å². The lowest BCUT2D eigenvalue weighted by Gasteiger charge is -2.08. The van der Waals surface area contributed by atoms with Crippen LogP contribution in [0.5, 0.6) is 0 Å². The van der Waals surface area contributed by atoms with E-state index in [9.17, 15) is 4.79 Å². The minimum atomic E-state index is -0.0870. The topological polar surface area (TPSA) is 59.8 Å². The molecule has 0 radical (unpaired) electrons. The summed E-state index contributed by atoms with van der Waals surface area (Å²) in [6, 6.07) is 11.1. The SMILES string of the molecule is CCCn1c(SCC(=O)Nc2ccc(Cl)cc2)nnc1-c1cccs1. The number of aromatic nitrogens is 3. The van der Waals surface area contributed by atoms with E-state index in [0.717, 1.165) is 34.5 Å². The van der Waals surface area contributed by atoms with Gasteiger partial charge < -0.3 is 9.88 Å². The highest BCUT2D eigenvalue weighted by atomic mass is 35.5. The average Bonchev–Trinajstić information content (AvgIpc) is 3.25. The number of amides is 1. The Morgan fingerprint density at radius 2 is 2.08 bits per heavy atom. The number of hydrogen-bond acceptors (Lipinski definition) is 5. The van der Waals surface area contributed by atoms with Gasteiger partial charge in [-0.25, -0.2) is 0 Å². The number of nitrogens with zero attached hydrogens (tertiary/aromatic N) is 3. The highest BCUT2D eigenvalue weighted by Gasteiger charge is 2.15. The lowest BCUT2D eigenvalue weighted by atomic mass is 10.3. The molecule has 130 valence electrons. The summed E-state index contributed by atoms with van der Waals surface area (Å²) in [6.45, 7) is 2.93. The van der Waals surface area contributed by atoms with Crippen LogP contribution in [0.3, 0.4) is 0 Å². The second kappa shape index (κ2) is 8.51. The molecule has 0 aliphatic carbocycles. The largest absolute Gasteiger partial charge is 0.325 e. The molecule has 1 amide bonds. The zero-order chi connectivity index (χ0) is 17.6. The first kappa shape index (κ1) is 18.0. The van der Waals surface area contributed by atoms with E-state index in [1.54, 1.807) is 35.6 Å². The second-order valence-corrected chi connectivity index (χ2v) is 7.61. The Bertz CT molecular complexity index is 831.